The van der Waals surface area contributed by atoms with Crippen molar-refractivity contribution in [3.8, 4) is 11.5 Å². The van der Waals surface area contributed by atoms with Gasteiger partial charge >= 0.3 is 12.6 Å². The number of ether oxygens (including phenoxy) is 3. The fraction of sp³-hybridized carbons (Fsp3) is 0.188. The molecule has 0 saturated heterocycles. The molecule has 0 aliphatic carbocycles. The van der Waals surface area contributed by atoms with Crippen LogP contribution in [0.1, 0.15) is 20.9 Å². The zero-order valence-corrected chi connectivity index (χ0v) is 13.4. The lowest BCUT2D eigenvalue weighted by atomic mass is 10.2. The minimum absolute atomic E-state index is 0.106. The van der Waals surface area contributed by atoms with Gasteiger partial charge in [-0.3, -0.25) is 14.9 Å². The van der Waals surface area contributed by atoms with Gasteiger partial charge in [0.2, 0.25) is 0 Å². The summed E-state index contributed by atoms with van der Waals surface area (Å²) in [6.45, 7) is -4.02. The molecule has 0 radical (unpaired) electrons. The van der Waals surface area contributed by atoms with Crippen LogP contribution in [0.15, 0.2) is 41.0 Å². The van der Waals surface area contributed by atoms with Crippen LogP contribution in [0.5, 0.6) is 11.5 Å². The molecule has 0 aliphatic rings. The van der Waals surface area contributed by atoms with Gasteiger partial charge in [-0.1, -0.05) is 6.07 Å². The fourth-order valence-corrected chi connectivity index (χ4v) is 1.89. The maximum absolute atomic E-state index is 12.5. The number of halogens is 2. The summed E-state index contributed by atoms with van der Waals surface area (Å²) in [5.41, 5.74) is -0.366. The topological polar surface area (TPSA) is 104 Å². The van der Waals surface area contributed by atoms with Crippen LogP contribution in [-0.4, -0.2) is 38.1 Å². The molecule has 0 spiro atoms. The molecule has 1 heterocycles. The lowest BCUT2D eigenvalue weighted by molar-refractivity contribution is -0.123. The van der Waals surface area contributed by atoms with Crippen molar-refractivity contribution in [2.75, 3.05) is 13.7 Å². The van der Waals surface area contributed by atoms with E-state index in [9.17, 15) is 23.2 Å². The lowest BCUT2D eigenvalue weighted by Gasteiger charge is -2.13. The maximum Gasteiger partial charge on any atom is 0.387 e. The van der Waals surface area contributed by atoms with Crippen LogP contribution in [0.2, 0.25) is 0 Å². The Morgan fingerprint density at radius 1 is 1.19 bits per heavy atom. The van der Waals surface area contributed by atoms with Gasteiger partial charge in [0.1, 0.15) is 5.56 Å². The molecule has 8 nitrogen and oxygen atoms in total. The molecule has 0 aliphatic heterocycles. The second-order valence-electron chi connectivity index (χ2n) is 4.65. The molecule has 0 saturated carbocycles. The molecule has 1 N–H and O–H groups in total. The van der Waals surface area contributed by atoms with E-state index in [0.717, 1.165) is 6.07 Å². The highest BCUT2D eigenvalue weighted by molar-refractivity contribution is 6.04. The van der Waals surface area contributed by atoms with E-state index < -0.39 is 36.8 Å². The van der Waals surface area contributed by atoms with E-state index in [1.54, 1.807) is 0 Å². The summed E-state index contributed by atoms with van der Waals surface area (Å²) in [5, 5.41) is 1.93. The van der Waals surface area contributed by atoms with Gasteiger partial charge in [-0.2, -0.15) is 8.78 Å². The molecule has 26 heavy (non-hydrogen) atoms. The summed E-state index contributed by atoms with van der Waals surface area (Å²) in [5.74, 6) is -3.61. The van der Waals surface area contributed by atoms with Crippen molar-refractivity contribution in [2.24, 2.45) is 0 Å². The Hall–Kier alpha value is -3.43. The molecule has 10 heteroatoms. The molecule has 2 aromatic rings. The monoisotopic (exact) mass is 369 g/mol. The van der Waals surface area contributed by atoms with Gasteiger partial charge < -0.3 is 18.6 Å². The van der Waals surface area contributed by atoms with Gasteiger partial charge in [0.25, 0.3) is 11.8 Å². The number of para-hydroxylation sites is 1. The van der Waals surface area contributed by atoms with Crippen LogP contribution in [0, 0.1) is 0 Å². The third-order valence-corrected chi connectivity index (χ3v) is 2.96. The number of esters is 1. The minimum atomic E-state index is -3.20. The fourth-order valence-electron chi connectivity index (χ4n) is 1.89. The first-order valence-electron chi connectivity index (χ1n) is 7.09. The predicted molar refractivity (Wildman–Crippen MR) is 81.1 cm³/mol. The predicted octanol–water partition coefficient (Wildman–Crippen LogP) is 2.00. The highest BCUT2D eigenvalue weighted by Gasteiger charge is 2.22. The lowest BCUT2D eigenvalue weighted by Crippen LogP contribution is -2.34. The average molecular weight is 369 g/mol. The molecule has 138 valence electrons. The Morgan fingerprint density at radius 3 is 2.58 bits per heavy atom. The molecule has 0 bridgehead atoms. The van der Waals surface area contributed by atoms with Crippen molar-refractivity contribution in [1.29, 1.82) is 0 Å². The Kier molecular flexibility index (Phi) is 6.25. The number of amides is 2. The first-order valence-corrected chi connectivity index (χ1v) is 7.09. The molecular weight excluding hydrogens is 356 g/mol. The number of hydrogen-bond acceptors (Lipinski definition) is 7. The SMILES string of the molecule is COc1cccc(C(=O)OCC(=O)NC(=O)c2ccco2)c1OC(F)F. The zero-order chi connectivity index (χ0) is 19.1. The summed E-state index contributed by atoms with van der Waals surface area (Å²) in [6, 6.07) is 6.61. The molecule has 0 atom stereocenters. The number of hydrogen-bond donors (Lipinski definition) is 1. The average Bonchev–Trinajstić information content (AvgIpc) is 3.14. The number of imide groups is 1. The molecule has 1 aromatic carbocycles. The van der Waals surface area contributed by atoms with Crippen molar-refractivity contribution in [3.05, 3.63) is 47.9 Å². The third kappa shape index (κ3) is 4.79. The summed E-state index contributed by atoms with van der Waals surface area (Å²) in [6.07, 6.45) is 1.24. The highest BCUT2D eigenvalue weighted by Crippen LogP contribution is 2.32. The Labute approximate surface area is 145 Å². The second kappa shape index (κ2) is 8.60. The van der Waals surface area contributed by atoms with Crippen LogP contribution in [-0.2, 0) is 9.53 Å². The second-order valence-corrected chi connectivity index (χ2v) is 4.65. The molecule has 1 aromatic heterocycles. The number of benzene rings is 1. The number of alkyl halides is 2. The minimum Gasteiger partial charge on any atom is -0.493 e. The van der Waals surface area contributed by atoms with E-state index in [4.69, 9.17) is 13.9 Å². The van der Waals surface area contributed by atoms with Crippen molar-refractivity contribution < 1.29 is 41.8 Å². The van der Waals surface area contributed by atoms with Crippen LogP contribution in [0.25, 0.3) is 0 Å². The Morgan fingerprint density at radius 2 is 1.96 bits per heavy atom. The van der Waals surface area contributed by atoms with Crippen LogP contribution in [0.4, 0.5) is 8.78 Å². The van der Waals surface area contributed by atoms with Crippen LogP contribution in [0.3, 0.4) is 0 Å². The number of furan rings is 1. The first kappa shape index (κ1) is 18.9. The van der Waals surface area contributed by atoms with Crippen molar-refractivity contribution in [1.82, 2.24) is 5.32 Å². The van der Waals surface area contributed by atoms with E-state index in [-0.39, 0.29) is 17.1 Å². The van der Waals surface area contributed by atoms with E-state index in [2.05, 4.69) is 4.74 Å². The van der Waals surface area contributed by atoms with Crippen molar-refractivity contribution in [3.63, 3.8) is 0 Å². The summed E-state index contributed by atoms with van der Waals surface area (Å²) >= 11 is 0. The number of nitrogens with one attached hydrogen (secondary N) is 1. The molecule has 0 fully saturated rings. The normalized spacial score (nSPS) is 10.3. The van der Waals surface area contributed by atoms with Crippen molar-refractivity contribution >= 4 is 17.8 Å². The standard InChI is InChI=1S/C16H13F2NO7/c1-23-10-5-2-4-9(13(10)26-16(17)18)15(22)25-8-12(20)19-14(21)11-6-3-7-24-11/h2-7,16H,8H2,1H3,(H,19,20,21). The van der Waals surface area contributed by atoms with Crippen LogP contribution >= 0.6 is 0 Å². The van der Waals surface area contributed by atoms with Crippen molar-refractivity contribution in [2.45, 2.75) is 6.61 Å². The summed E-state index contributed by atoms with van der Waals surface area (Å²) < 4.78 is 43.7. The van der Waals surface area contributed by atoms with Crippen LogP contribution < -0.4 is 14.8 Å². The van der Waals surface area contributed by atoms with E-state index in [1.165, 1.54) is 37.6 Å². The quantitative estimate of drug-likeness (QED) is 0.745. The smallest absolute Gasteiger partial charge is 0.387 e. The molecule has 0 unspecified atom stereocenters. The summed E-state index contributed by atoms with van der Waals surface area (Å²) in [4.78, 5) is 35.3. The van der Waals surface area contributed by atoms with E-state index in [1.807, 2.05) is 5.32 Å². The largest absolute Gasteiger partial charge is 0.493 e. The molecular formula is C16H13F2NO7. The molecule has 2 amide bonds. The number of carbonyl (C=O) groups excluding carboxylic acids is 3. The van der Waals surface area contributed by atoms with Gasteiger partial charge in [0, 0.05) is 0 Å². The van der Waals surface area contributed by atoms with Gasteiger partial charge in [-0.05, 0) is 24.3 Å². The summed E-state index contributed by atoms with van der Waals surface area (Å²) in [7, 11) is 1.20. The third-order valence-electron chi connectivity index (χ3n) is 2.96. The maximum atomic E-state index is 12.5. The van der Waals surface area contributed by atoms with E-state index in [0.29, 0.717) is 0 Å². The zero-order valence-electron chi connectivity index (χ0n) is 13.4. The molecule has 2 rings (SSSR count). The number of carbonyl (C=O) groups is 3. The number of methoxy groups -OCH3 is 1. The number of rotatable bonds is 7. The van der Waals surface area contributed by atoms with Gasteiger partial charge in [0.15, 0.2) is 23.9 Å². The highest BCUT2D eigenvalue weighted by atomic mass is 19.3. The van der Waals surface area contributed by atoms with Gasteiger partial charge in [0.05, 0.1) is 13.4 Å². The Balaban J connectivity index is 2.01. The van der Waals surface area contributed by atoms with E-state index >= 15 is 0 Å². The van der Waals surface area contributed by atoms with Gasteiger partial charge in [-0.25, -0.2) is 4.79 Å². The first-order chi connectivity index (χ1) is 12.4. The Bertz CT molecular complexity index is 790. The van der Waals surface area contributed by atoms with Gasteiger partial charge in [-0.15, -0.1) is 0 Å².